The van der Waals surface area contributed by atoms with Gasteiger partial charge < -0.3 is 14.8 Å². The Morgan fingerprint density at radius 2 is 1.67 bits per heavy atom. The van der Waals surface area contributed by atoms with Gasteiger partial charge in [0.1, 0.15) is 0 Å². The van der Waals surface area contributed by atoms with Crippen LogP contribution in [0.2, 0.25) is 0 Å². The maximum Gasteiger partial charge on any atom is 0.251 e. The number of hydrogen-bond donors (Lipinski definition) is 1. The van der Waals surface area contributed by atoms with Crippen LogP contribution < -0.4 is 5.32 Å². The highest BCUT2D eigenvalue weighted by molar-refractivity contribution is 9.11. The molecule has 0 spiro atoms. The van der Waals surface area contributed by atoms with Crippen LogP contribution in [0.3, 0.4) is 0 Å². The number of nitrogens with one attached hydrogen (secondary N) is 1. The van der Waals surface area contributed by atoms with Crippen LogP contribution in [0.25, 0.3) is 0 Å². The number of amides is 1. The number of methoxy groups -OCH3 is 2. The van der Waals surface area contributed by atoms with E-state index < -0.39 is 6.29 Å². The summed E-state index contributed by atoms with van der Waals surface area (Å²) in [4.78, 5) is 12.0. The highest BCUT2D eigenvalue weighted by Gasteiger charge is 2.19. The van der Waals surface area contributed by atoms with Crippen molar-refractivity contribution in [1.29, 1.82) is 0 Å². The van der Waals surface area contributed by atoms with E-state index in [1.54, 1.807) is 12.1 Å². The summed E-state index contributed by atoms with van der Waals surface area (Å²) >= 11 is 6.69. The third-order valence-corrected chi connectivity index (χ3v) is 3.27. The van der Waals surface area contributed by atoms with Crippen molar-refractivity contribution in [2.75, 3.05) is 14.2 Å². The minimum atomic E-state index is -0.468. The third-order valence-electron chi connectivity index (χ3n) is 2.36. The Balaban J connectivity index is 2.76. The predicted octanol–water partition coefficient (Wildman–Crippen LogP) is 2.95. The van der Waals surface area contributed by atoms with Crippen LogP contribution in [0.4, 0.5) is 0 Å². The van der Waals surface area contributed by atoms with Crippen LogP contribution in [-0.2, 0) is 9.47 Å². The molecule has 0 heterocycles. The number of halogens is 2. The fourth-order valence-electron chi connectivity index (χ4n) is 1.55. The van der Waals surface area contributed by atoms with Crippen molar-refractivity contribution in [1.82, 2.24) is 5.32 Å². The van der Waals surface area contributed by atoms with Gasteiger partial charge in [-0.1, -0.05) is 31.9 Å². The molecular weight excluding hydrogens is 366 g/mol. The van der Waals surface area contributed by atoms with E-state index in [9.17, 15) is 4.79 Å². The largest absolute Gasteiger partial charge is 0.354 e. The summed E-state index contributed by atoms with van der Waals surface area (Å²) in [7, 11) is 3.07. The van der Waals surface area contributed by atoms with Crippen molar-refractivity contribution in [3.8, 4) is 0 Å². The lowest BCUT2D eigenvalue weighted by Crippen LogP contribution is -2.42. The lowest BCUT2D eigenvalue weighted by Gasteiger charge is -2.22. The van der Waals surface area contributed by atoms with Gasteiger partial charge in [0.25, 0.3) is 5.91 Å². The summed E-state index contributed by atoms with van der Waals surface area (Å²) in [6.45, 7) is 1.82. The summed E-state index contributed by atoms with van der Waals surface area (Å²) in [5.41, 5.74) is 0.564. The van der Waals surface area contributed by atoms with Gasteiger partial charge in [-0.15, -0.1) is 0 Å². The van der Waals surface area contributed by atoms with E-state index in [-0.39, 0.29) is 11.9 Å². The summed E-state index contributed by atoms with van der Waals surface area (Å²) in [5, 5.41) is 2.82. The Kier molecular flexibility index (Phi) is 6.28. The molecular formula is C12H15Br2NO3. The summed E-state index contributed by atoms with van der Waals surface area (Å²) in [6, 6.07) is 5.13. The van der Waals surface area contributed by atoms with Gasteiger partial charge >= 0.3 is 0 Å². The average Bonchev–Trinajstić information content (AvgIpc) is 2.29. The Bertz CT molecular complexity index is 402. The van der Waals surface area contributed by atoms with Gasteiger partial charge in [-0.2, -0.15) is 0 Å². The number of benzene rings is 1. The van der Waals surface area contributed by atoms with E-state index in [0.29, 0.717) is 5.56 Å². The van der Waals surface area contributed by atoms with Crippen molar-refractivity contribution < 1.29 is 14.3 Å². The molecule has 1 aromatic rings. The lowest BCUT2D eigenvalue weighted by atomic mass is 10.2. The number of carbonyl (C=O) groups is 1. The fourth-order valence-corrected chi connectivity index (χ4v) is 2.84. The maximum absolute atomic E-state index is 12.0. The molecule has 1 N–H and O–H groups in total. The monoisotopic (exact) mass is 379 g/mol. The van der Waals surface area contributed by atoms with Crippen LogP contribution in [0.1, 0.15) is 17.3 Å². The molecule has 0 fully saturated rings. The van der Waals surface area contributed by atoms with Gasteiger partial charge in [0, 0.05) is 28.7 Å². The summed E-state index contributed by atoms with van der Waals surface area (Å²) in [5.74, 6) is -0.177. The fraction of sp³-hybridized carbons (Fsp3) is 0.417. The predicted molar refractivity (Wildman–Crippen MR) is 76.6 cm³/mol. The first-order chi connectivity index (χ1) is 8.47. The summed E-state index contributed by atoms with van der Waals surface area (Å²) < 4.78 is 11.9. The van der Waals surface area contributed by atoms with Gasteiger partial charge in [-0.05, 0) is 25.1 Å². The van der Waals surface area contributed by atoms with Crippen LogP contribution in [0, 0.1) is 0 Å². The minimum absolute atomic E-state index is 0.177. The quantitative estimate of drug-likeness (QED) is 0.799. The number of carbonyl (C=O) groups excluding carboxylic acids is 1. The van der Waals surface area contributed by atoms with E-state index in [1.807, 2.05) is 13.0 Å². The van der Waals surface area contributed by atoms with Crippen molar-refractivity contribution in [3.63, 3.8) is 0 Å². The van der Waals surface area contributed by atoms with Crippen LogP contribution in [0.15, 0.2) is 27.1 Å². The van der Waals surface area contributed by atoms with Gasteiger partial charge in [-0.25, -0.2) is 0 Å². The molecule has 0 aliphatic rings. The number of ether oxygens (including phenoxy) is 2. The van der Waals surface area contributed by atoms with Gasteiger partial charge in [0.05, 0.1) is 6.04 Å². The highest BCUT2D eigenvalue weighted by atomic mass is 79.9. The molecule has 1 unspecified atom stereocenters. The standard InChI is InChI=1S/C12H15Br2NO3/c1-7(12(17-2)18-3)15-11(16)8-4-9(13)6-10(14)5-8/h4-7,12H,1-3H3,(H,15,16). The van der Waals surface area contributed by atoms with Crippen molar-refractivity contribution in [2.24, 2.45) is 0 Å². The van der Waals surface area contributed by atoms with Crippen molar-refractivity contribution in [3.05, 3.63) is 32.7 Å². The first kappa shape index (κ1) is 15.6. The topological polar surface area (TPSA) is 47.6 Å². The average molecular weight is 381 g/mol. The van der Waals surface area contributed by atoms with Gasteiger partial charge in [0.15, 0.2) is 6.29 Å². The Labute approximate surface area is 123 Å². The summed E-state index contributed by atoms with van der Waals surface area (Å²) in [6.07, 6.45) is -0.468. The zero-order valence-corrected chi connectivity index (χ0v) is 13.5. The Hall–Kier alpha value is -0.430. The van der Waals surface area contributed by atoms with E-state index >= 15 is 0 Å². The Morgan fingerprint density at radius 1 is 1.17 bits per heavy atom. The van der Waals surface area contributed by atoms with E-state index in [0.717, 1.165) is 8.95 Å². The van der Waals surface area contributed by atoms with E-state index in [4.69, 9.17) is 9.47 Å². The van der Waals surface area contributed by atoms with E-state index in [1.165, 1.54) is 14.2 Å². The molecule has 0 aromatic heterocycles. The molecule has 0 aliphatic carbocycles. The molecule has 0 bridgehead atoms. The van der Waals surface area contributed by atoms with Gasteiger partial charge in [0.2, 0.25) is 0 Å². The number of rotatable bonds is 5. The molecule has 0 saturated carbocycles. The second-order valence-corrected chi connectivity index (χ2v) is 5.59. The maximum atomic E-state index is 12.0. The molecule has 0 saturated heterocycles. The van der Waals surface area contributed by atoms with Crippen LogP contribution in [0.5, 0.6) is 0 Å². The molecule has 4 nitrogen and oxygen atoms in total. The highest BCUT2D eigenvalue weighted by Crippen LogP contribution is 2.20. The molecule has 1 aromatic carbocycles. The van der Waals surface area contributed by atoms with Crippen molar-refractivity contribution in [2.45, 2.75) is 19.3 Å². The molecule has 100 valence electrons. The number of hydrogen-bond acceptors (Lipinski definition) is 3. The van der Waals surface area contributed by atoms with Crippen molar-refractivity contribution >= 4 is 37.8 Å². The molecule has 1 atom stereocenters. The Morgan fingerprint density at radius 3 is 2.11 bits per heavy atom. The molecule has 6 heteroatoms. The third kappa shape index (κ3) is 4.35. The molecule has 0 radical (unpaired) electrons. The lowest BCUT2D eigenvalue weighted by molar-refractivity contribution is -0.117. The normalized spacial score (nSPS) is 12.6. The zero-order chi connectivity index (χ0) is 13.7. The second kappa shape index (κ2) is 7.23. The van der Waals surface area contributed by atoms with Crippen LogP contribution in [-0.4, -0.2) is 32.5 Å². The van der Waals surface area contributed by atoms with Gasteiger partial charge in [-0.3, -0.25) is 4.79 Å². The molecule has 18 heavy (non-hydrogen) atoms. The molecule has 1 amide bonds. The minimum Gasteiger partial charge on any atom is -0.354 e. The molecule has 1 rings (SSSR count). The first-order valence-electron chi connectivity index (χ1n) is 5.30. The SMILES string of the molecule is COC(OC)C(C)NC(=O)c1cc(Br)cc(Br)c1. The van der Waals surface area contributed by atoms with Crippen LogP contribution >= 0.6 is 31.9 Å². The second-order valence-electron chi connectivity index (χ2n) is 3.76. The molecule has 0 aliphatic heterocycles. The van der Waals surface area contributed by atoms with E-state index in [2.05, 4.69) is 37.2 Å². The zero-order valence-electron chi connectivity index (χ0n) is 10.4. The smallest absolute Gasteiger partial charge is 0.251 e. The first-order valence-corrected chi connectivity index (χ1v) is 6.89.